The zero-order chi connectivity index (χ0) is 14.7. The summed E-state index contributed by atoms with van der Waals surface area (Å²) in [5.74, 6) is 2.55. The summed E-state index contributed by atoms with van der Waals surface area (Å²) in [6.07, 6.45) is 8.99. The predicted molar refractivity (Wildman–Crippen MR) is 85.9 cm³/mol. The van der Waals surface area contributed by atoms with Crippen LogP contribution in [0.3, 0.4) is 0 Å². The third-order valence-corrected chi connectivity index (χ3v) is 5.09. The van der Waals surface area contributed by atoms with Crippen molar-refractivity contribution < 1.29 is 9.47 Å². The molecule has 0 N–H and O–H groups in total. The largest absolute Gasteiger partial charge is 0.494 e. The molecule has 1 aliphatic heterocycles. The molecule has 0 radical (unpaired) electrons. The van der Waals surface area contributed by atoms with Gasteiger partial charge in [-0.25, -0.2) is 0 Å². The standard InChI is InChI=1S/C19H28O2/c1-3-5-18-19(21-18)16-8-6-14(7-9-16)15-10-12-17(13-11-15)20-4-2/h10-14,16,18-19H,3-9H2,1-2H3/t14?,16?,18-,19-/m0/s1. The van der Waals surface area contributed by atoms with E-state index in [9.17, 15) is 0 Å². The van der Waals surface area contributed by atoms with Crippen LogP contribution in [0.1, 0.15) is 63.9 Å². The molecule has 1 saturated heterocycles. The summed E-state index contributed by atoms with van der Waals surface area (Å²) in [7, 11) is 0. The van der Waals surface area contributed by atoms with E-state index in [1.807, 2.05) is 6.92 Å². The molecule has 3 rings (SSSR count). The van der Waals surface area contributed by atoms with E-state index in [-0.39, 0.29) is 0 Å². The molecule has 2 fully saturated rings. The van der Waals surface area contributed by atoms with Crippen LogP contribution in [0.5, 0.6) is 5.75 Å². The molecule has 1 aromatic carbocycles. The van der Waals surface area contributed by atoms with Gasteiger partial charge >= 0.3 is 0 Å². The SMILES string of the molecule is CCC[C@@H]1O[C@H]1C1CCC(c2ccc(OCC)cc2)CC1. The quantitative estimate of drug-likeness (QED) is 0.692. The first-order valence-corrected chi connectivity index (χ1v) is 8.70. The van der Waals surface area contributed by atoms with E-state index in [0.717, 1.165) is 24.2 Å². The van der Waals surface area contributed by atoms with Crippen molar-refractivity contribution in [3.63, 3.8) is 0 Å². The van der Waals surface area contributed by atoms with Crippen molar-refractivity contribution in [1.82, 2.24) is 0 Å². The second-order valence-electron chi connectivity index (χ2n) is 6.54. The molecule has 2 nitrogen and oxygen atoms in total. The normalized spacial score (nSPS) is 31.9. The van der Waals surface area contributed by atoms with Gasteiger partial charge in [-0.05, 0) is 68.6 Å². The summed E-state index contributed by atoms with van der Waals surface area (Å²) < 4.78 is 11.4. The van der Waals surface area contributed by atoms with Crippen molar-refractivity contribution in [1.29, 1.82) is 0 Å². The van der Waals surface area contributed by atoms with Crippen LogP contribution in [-0.4, -0.2) is 18.8 Å². The molecule has 1 aliphatic carbocycles. The van der Waals surface area contributed by atoms with Crippen molar-refractivity contribution in [2.45, 2.75) is 70.5 Å². The fourth-order valence-corrected chi connectivity index (χ4v) is 3.87. The molecule has 0 bridgehead atoms. The van der Waals surface area contributed by atoms with Gasteiger partial charge in [-0.15, -0.1) is 0 Å². The van der Waals surface area contributed by atoms with E-state index in [1.165, 1.54) is 44.1 Å². The minimum absolute atomic E-state index is 0.585. The number of rotatable bonds is 6. The van der Waals surface area contributed by atoms with Crippen LogP contribution in [0, 0.1) is 5.92 Å². The zero-order valence-electron chi connectivity index (χ0n) is 13.4. The highest BCUT2D eigenvalue weighted by atomic mass is 16.6. The van der Waals surface area contributed by atoms with Gasteiger partial charge in [0.2, 0.25) is 0 Å². The molecule has 0 aromatic heterocycles. The van der Waals surface area contributed by atoms with Gasteiger partial charge in [0.25, 0.3) is 0 Å². The smallest absolute Gasteiger partial charge is 0.119 e. The van der Waals surface area contributed by atoms with Gasteiger partial charge in [-0.3, -0.25) is 0 Å². The van der Waals surface area contributed by atoms with Gasteiger partial charge in [-0.1, -0.05) is 25.5 Å². The molecule has 1 heterocycles. The number of hydrogen-bond donors (Lipinski definition) is 0. The Bertz CT molecular complexity index is 431. The molecule has 2 heteroatoms. The third kappa shape index (κ3) is 3.60. The summed E-state index contributed by atoms with van der Waals surface area (Å²) >= 11 is 0. The number of hydrogen-bond acceptors (Lipinski definition) is 2. The van der Waals surface area contributed by atoms with Gasteiger partial charge in [-0.2, -0.15) is 0 Å². The zero-order valence-corrected chi connectivity index (χ0v) is 13.4. The molecule has 116 valence electrons. The van der Waals surface area contributed by atoms with Crippen LogP contribution in [0.25, 0.3) is 0 Å². The highest BCUT2D eigenvalue weighted by molar-refractivity contribution is 5.29. The number of benzene rings is 1. The van der Waals surface area contributed by atoms with Gasteiger partial charge in [0, 0.05) is 0 Å². The summed E-state index contributed by atoms with van der Waals surface area (Å²) in [4.78, 5) is 0. The Kier molecular flexibility index (Phi) is 4.84. The number of epoxide rings is 1. The molecular weight excluding hydrogens is 260 g/mol. The third-order valence-electron chi connectivity index (χ3n) is 5.09. The Morgan fingerprint density at radius 1 is 1.05 bits per heavy atom. The van der Waals surface area contributed by atoms with Gasteiger partial charge in [0.1, 0.15) is 5.75 Å². The van der Waals surface area contributed by atoms with Gasteiger partial charge < -0.3 is 9.47 Å². The monoisotopic (exact) mass is 288 g/mol. The van der Waals surface area contributed by atoms with E-state index >= 15 is 0 Å². The van der Waals surface area contributed by atoms with E-state index in [0.29, 0.717) is 12.2 Å². The van der Waals surface area contributed by atoms with Crippen LogP contribution in [-0.2, 0) is 4.74 Å². The van der Waals surface area contributed by atoms with Crippen molar-refractivity contribution in [2.75, 3.05) is 6.61 Å². The van der Waals surface area contributed by atoms with Crippen molar-refractivity contribution in [3.8, 4) is 5.75 Å². The second kappa shape index (κ2) is 6.83. The first-order chi connectivity index (χ1) is 10.3. The Labute approximate surface area is 128 Å². The fraction of sp³-hybridized carbons (Fsp3) is 0.684. The fourth-order valence-electron chi connectivity index (χ4n) is 3.87. The summed E-state index contributed by atoms with van der Waals surface area (Å²) in [5, 5.41) is 0. The first kappa shape index (κ1) is 14.9. The first-order valence-electron chi connectivity index (χ1n) is 8.70. The van der Waals surface area contributed by atoms with Crippen molar-refractivity contribution in [3.05, 3.63) is 29.8 Å². The lowest BCUT2D eigenvalue weighted by Gasteiger charge is -2.28. The molecule has 2 aliphatic rings. The average molecular weight is 288 g/mol. The van der Waals surface area contributed by atoms with Gasteiger partial charge in [0.05, 0.1) is 18.8 Å². The molecular formula is C19H28O2. The number of ether oxygens (including phenoxy) is 2. The predicted octanol–water partition coefficient (Wildman–Crippen LogP) is 4.93. The molecule has 1 saturated carbocycles. The molecule has 1 aromatic rings. The van der Waals surface area contributed by atoms with Crippen LogP contribution < -0.4 is 4.74 Å². The van der Waals surface area contributed by atoms with Crippen LogP contribution >= 0.6 is 0 Å². The maximum Gasteiger partial charge on any atom is 0.119 e. The van der Waals surface area contributed by atoms with E-state index in [2.05, 4.69) is 31.2 Å². The Morgan fingerprint density at radius 2 is 1.76 bits per heavy atom. The molecule has 0 unspecified atom stereocenters. The summed E-state index contributed by atoms with van der Waals surface area (Å²) in [6.45, 7) is 5.02. The lowest BCUT2D eigenvalue weighted by molar-refractivity contribution is 0.248. The minimum Gasteiger partial charge on any atom is -0.494 e. The topological polar surface area (TPSA) is 21.8 Å². The van der Waals surface area contributed by atoms with E-state index in [1.54, 1.807) is 0 Å². The Balaban J connectivity index is 1.49. The van der Waals surface area contributed by atoms with E-state index < -0.39 is 0 Å². The maximum atomic E-state index is 5.86. The maximum absolute atomic E-state index is 5.86. The lowest BCUT2D eigenvalue weighted by Crippen LogP contribution is -2.19. The molecule has 21 heavy (non-hydrogen) atoms. The highest BCUT2D eigenvalue weighted by Gasteiger charge is 2.44. The second-order valence-corrected chi connectivity index (χ2v) is 6.54. The minimum atomic E-state index is 0.585. The van der Waals surface area contributed by atoms with Crippen LogP contribution in [0.4, 0.5) is 0 Å². The summed E-state index contributed by atoms with van der Waals surface area (Å²) in [6, 6.07) is 8.74. The molecule has 0 amide bonds. The van der Waals surface area contributed by atoms with Crippen LogP contribution in [0.15, 0.2) is 24.3 Å². The van der Waals surface area contributed by atoms with Crippen molar-refractivity contribution in [2.24, 2.45) is 5.92 Å². The lowest BCUT2D eigenvalue weighted by atomic mass is 9.77. The van der Waals surface area contributed by atoms with Crippen molar-refractivity contribution >= 4 is 0 Å². The van der Waals surface area contributed by atoms with E-state index in [4.69, 9.17) is 9.47 Å². The molecule has 0 spiro atoms. The van der Waals surface area contributed by atoms with Gasteiger partial charge in [0.15, 0.2) is 0 Å². The highest BCUT2D eigenvalue weighted by Crippen LogP contribution is 2.44. The Hall–Kier alpha value is -1.02. The van der Waals surface area contributed by atoms with Crippen LogP contribution in [0.2, 0.25) is 0 Å². The molecule has 2 atom stereocenters. The summed E-state index contributed by atoms with van der Waals surface area (Å²) in [5.41, 5.74) is 1.48. The Morgan fingerprint density at radius 3 is 2.38 bits per heavy atom. The average Bonchev–Trinajstić information content (AvgIpc) is 3.28.